The zero-order valence-corrected chi connectivity index (χ0v) is 24.9. The van der Waals surface area contributed by atoms with E-state index in [1.807, 2.05) is 84.9 Å². The van der Waals surface area contributed by atoms with Crippen LogP contribution in [0.2, 0.25) is 0 Å². The van der Waals surface area contributed by atoms with Crippen molar-refractivity contribution in [2.45, 2.75) is 20.0 Å². The van der Waals surface area contributed by atoms with E-state index in [0.717, 1.165) is 32.2 Å². The fourth-order valence-electron chi connectivity index (χ4n) is 3.38. The van der Waals surface area contributed by atoms with Crippen LogP contribution in [0.1, 0.15) is 13.8 Å². The van der Waals surface area contributed by atoms with Crippen molar-refractivity contribution in [3.63, 3.8) is 0 Å². The number of para-hydroxylation sites is 2. The van der Waals surface area contributed by atoms with E-state index in [2.05, 4.69) is 34.2 Å². The number of aliphatic hydroxyl groups excluding tert-OH is 2. The molecule has 0 fully saturated rings. The minimum atomic E-state index is -0.537. The Labute approximate surface area is 244 Å². The van der Waals surface area contributed by atoms with Crippen LogP contribution < -0.4 is 0 Å². The van der Waals surface area contributed by atoms with Crippen LogP contribution in [-0.4, -0.2) is 26.3 Å². The smallest absolute Gasteiger partial charge is 0.0877 e. The van der Waals surface area contributed by atoms with Gasteiger partial charge in [-0.25, -0.2) is 0 Å². The van der Waals surface area contributed by atoms with E-state index in [1.54, 1.807) is 29.6 Å². The molecule has 2 aromatic heterocycles. The maximum Gasteiger partial charge on any atom is 0.0877 e. The Bertz CT molecular complexity index is 1400. The fraction of sp³-hybridized carbons (Fsp3) is 0.0968. The molecule has 0 aliphatic rings. The average Bonchev–Trinajstić information content (AvgIpc) is 3.54. The second-order valence-electron chi connectivity index (χ2n) is 8.07. The summed E-state index contributed by atoms with van der Waals surface area (Å²) in [5.74, 6) is 0.162. The third kappa shape index (κ3) is 8.42. The Kier molecular flexibility index (Phi) is 11.3. The Morgan fingerprint density at radius 1 is 0.737 bits per heavy atom. The standard InChI is InChI=1S/2C13H8NS.C5H10O2.Ir/c2*1-2-6-10(7-3-1)13-14-11-8-4-5-9-12(11)15-13;1-4(6)3-5(2)7;/h2*1-6,8-9H;3-4,6-7H,1-2H3;/q2*-1;;. The van der Waals surface area contributed by atoms with E-state index < -0.39 is 6.10 Å². The summed E-state index contributed by atoms with van der Waals surface area (Å²) in [4.78, 5) is 9.14. The van der Waals surface area contributed by atoms with Gasteiger partial charge in [-0.05, 0) is 44.2 Å². The van der Waals surface area contributed by atoms with Gasteiger partial charge in [-0.2, -0.15) is 22.7 Å². The number of benzene rings is 4. The molecule has 0 bridgehead atoms. The number of aliphatic hydroxyl groups is 2. The number of allylic oxidation sites excluding steroid dienone is 1. The molecule has 6 aromatic rings. The first-order chi connectivity index (χ1) is 18.0. The predicted octanol–water partition coefficient (Wildman–Crippen LogP) is 8.35. The largest absolute Gasteiger partial charge is 0.513 e. The van der Waals surface area contributed by atoms with Crippen molar-refractivity contribution in [1.82, 2.24) is 9.97 Å². The molecule has 7 heteroatoms. The van der Waals surface area contributed by atoms with Crippen LogP contribution in [-0.2, 0) is 20.1 Å². The Hall–Kier alpha value is -3.19. The molecule has 195 valence electrons. The summed E-state index contributed by atoms with van der Waals surface area (Å²) in [5, 5.41) is 19.0. The topological polar surface area (TPSA) is 66.2 Å². The van der Waals surface area contributed by atoms with Gasteiger partial charge < -0.3 is 10.2 Å². The number of hydrogen-bond acceptors (Lipinski definition) is 6. The number of hydrogen-bond donors (Lipinski definition) is 2. The molecule has 0 saturated carbocycles. The van der Waals surface area contributed by atoms with Crippen molar-refractivity contribution < 1.29 is 30.3 Å². The van der Waals surface area contributed by atoms with Gasteiger partial charge in [-0.1, -0.05) is 24.3 Å². The minimum absolute atomic E-state index is 0. The minimum Gasteiger partial charge on any atom is -0.513 e. The Balaban J connectivity index is 0.000000167. The molecule has 1 unspecified atom stereocenters. The quantitative estimate of drug-likeness (QED) is 0.143. The Morgan fingerprint density at radius 3 is 1.47 bits per heavy atom. The second kappa shape index (κ2) is 14.7. The molecular weight excluding hydrogens is 689 g/mol. The molecule has 0 spiro atoms. The van der Waals surface area contributed by atoms with Crippen LogP contribution in [0.25, 0.3) is 41.6 Å². The molecule has 0 aliphatic heterocycles. The normalized spacial score (nSPS) is 11.5. The van der Waals surface area contributed by atoms with E-state index in [4.69, 9.17) is 10.2 Å². The summed E-state index contributed by atoms with van der Waals surface area (Å²) in [6.07, 6.45) is 0.824. The first-order valence-electron chi connectivity index (χ1n) is 11.7. The van der Waals surface area contributed by atoms with Gasteiger partial charge in [0.05, 0.1) is 22.9 Å². The Morgan fingerprint density at radius 2 is 1.16 bits per heavy atom. The van der Waals surface area contributed by atoms with Crippen molar-refractivity contribution in [2.75, 3.05) is 0 Å². The van der Waals surface area contributed by atoms with E-state index >= 15 is 0 Å². The number of fused-ring (bicyclic) bond motifs is 2. The van der Waals surface area contributed by atoms with Crippen LogP contribution in [0.15, 0.2) is 109 Å². The van der Waals surface area contributed by atoms with Gasteiger partial charge in [0.1, 0.15) is 0 Å². The summed E-state index contributed by atoms with van der Waals surface area (Å²) in [6, 6.07) is 38.6. The molecule has 2 heterocycles. The molecule has 4 aromatic carbocycles. The van der Waals surface area contributed by atoms with Crippen LogP contribution in [0.5, 0.6) is 0 Å². The zero-order valence-electron chi connectivity index (χ0n) is 20.8. The molecule has 0 aliphatic carbocycles. The van der Waals surface area contributed by atoms with E-state index in [0.29, 0.717) is 0 Å². The van der Waals surface area contributed by atoms with Gasteiger partial charge in [0, 0.05) is 39.5 Å². The van der Waals surface area contributed by atoms with Crippen LogP contribution in [0, 0.1) is 12.1 Å². The monoisotopic (exact) mass is 715 g/mol. The third-order valence-electron chi connectivity index (χ3n) is 4.95. The van der Waals surface area contributed by atoms with Crippen molar-refractivity contribution >= 4 is 43.1 Å². The van der Waals surface area contributed by atoms with Crippen LogP contribution in [0.3, 0.4) is 0 Å². The molecule has 4 nitrogen and oxygen atoms in total. The van der Waals surface area contributed by atoms with E-state index in [1.165, 1.54) is 22.4 Å². The molecule has 1 radical (unpaired) electrons. The second-order valence-corrected chi connectivity index (χ2v) is 10.1. The maximum atomic E-state index is 8.49. The number of rotatable bonds is 3. The number of aromatic nitrogens is 2. The van der Waals surface area contributed by atoms with E-state index in [-0.39, 0.29) is 25.9 Å². The molecule has 1 atom stereocenters. The summed E-state index contributed by atoms with van der Waals surface area (Å²) < 4.78 is 2.45. The van der Waals surface area contributed by atoms with Crippen molar-refractivity contribution in [3.05, 3.63) is 121 Å². The zero-order chi connectivity index (χ0) is 26.0. The van der Waals surface area contributed by atoms with Gasteiger partial charge in [-0.3, -0.25) is 9.97 Å². The molecule has 2 N–H and O–H groups in total. The molecule has 0 saturated heterocycles. The van der Waals surface area contributed by atoms with Gasteiger partial charge in [0.2, 0.25) is 0 Å². The summed E-state index contributed by atoms with van der Waals surface area (Å²) in [6.45, 7) is 3.10. The fourth-order valence-corrected chi connectivity index (χ4v) is 5.28. The summed E-state index contributed by atoms with van der Waals surface area (Å²) >= 11 is 3.42. The first-order valence-corrected chi connectivity index (χ1v) is 13.3. The molecular formula is C31H26IrN2O2S2-2. The maximum absolute atomic E-state index is 8.49. The van der Waals surface area contributed by atoms with E-state index in [9.17, 15) is 0 Å². The molecule has 6 rings (SSSR count). The summed E-state index contributed by atoms with van der Waals surface area (Å²) in [5.41, 5.74) is 4.27. The first kappa shape index (κ1) is 29.4. The van der Waals surface area contributed by atoms with Crippen LogP contribution in [0.4, 0.5) is 0 Å². The number of thiazole rings is 2. The molecule has 0 amide bonds. The number of nitrogens with zero attached hydrogens (tertiary/aromatic N) is 2. The van der Waals surface area contributed by atoms with Gasteiger partial charge >= 0.3 is 0 Å². The summed E-state index contributed by atoms with van der Waals surface area (Å²) in [7, 11) is 0. The van der Waals surface area contributed by atoms with Gasteiger partial charge in [0.15, 0.2) is 0 Å². The van der Waals surface area contributed by atoms with Gasteiger partial charge in [0.25, 0.3) is 0 Å². The SMILES string of the molecule is CC(O)=CC(C)O.[Ir].[c-]1ccccc1-c1nc2ccccc2s1.[c-]1ccccc1-c1nc2ccccc2s1. The van der Waals surface area contributed by atoms with Crippen molar-refractivity contribution in [1.29, 1.82) is 0 Å². The van der Waals surface area contributed by atoms with Crippen LogP contribution >= 0.6 is 22.7 Å². The predicted molar refractivity (Wildman–Crippen MR) is 156 cm³/mol. The van der Waals surface area contributed by atoms with Crippen molar-refractivity contribution in [2.24, 2.45) is 0 Å². The third-order valence-corrected chi connectivity index (χ3v) is 7.09. The molecule has 38 heavy (non-hydrogen) atoms. The van der Waals surface area contributed by atoms with Gasteiger partial charge in [-0.15, -0.1) is 71.8 Å². The average molecular weight is 715 g/mol. The van der Waals surface area contributed by atoms with Crippen molar-refractivity contribution in [3.8, 4) is 21.1 Å².